The second kappa shape index (κ2) is 5.98. The molecule has 5 nitrogen and oxygen atoms in total. The van der Waals surface area contributed by atoms with E-state index in [0.29, 0.717) is 23.7 Å². The molecule has 1 unspecified atom stereocenters. The lowest BCUT2D eigenvalue weighted by Gasteiger charge is -2.16. The molecule has 0 aliphatic carbocycles. The van der Waals surface area contributed by atoms with Crippen LogP contribution in [0.15, 0.2) is 41.1 Å². The Morgan fingerprint density at radius 3 is 3.04 bits per heavy atom. The summed E-state index contributed by atoms with van der Waals surface area (Å²) < 4.78 is 7.30. The number of aromatic nitrogens is 2. The summed E-state index contributed by atoms with van der Waals surface area (Å²) in [6.07, 6.45) is 5.06. The van der Waals surface area contributed by atoms with Crippen molar-refractivity contribution in [2.45, 2.75) is 25.7 Å². The molecule has 0 radical (unpaired) electrons. The van der Waals surface area contributed by atoms with Crippen LogP contribution in [0.5, 0.6) is 0 Å². The van der Waals surface area contributed by atoms with E-state index < -0.39 is 0 Å². The fourth-order valence-corrected chi connectivity index (χ4v) is 3.55. The van der Waals surface area contributed by atoms with Crippen molar-refractivity contribution in [1.29, 1.82) is 0 Å². The predicted octanol–water partition coefficient (Wildman–Crippen LogP) is 3.77. The first kappa shape index (κ1) is 15.3. The van der Waals surface area contributed by atoms with Gasteiger partial charge >= 0.3 is 0 Å². The third-order valence-electron chi connectivity index (χ3n) is 4.61. The van der Waals surface area contributed by atoms with Crippen LogP contribution in [-0.2, 0) is 6.42 Å². The molecule has 24 heavy (non-hydrogen) atoms. The number of nitrogens with zero attached hydrogens (tertiary/aromatic N) is 3. The molecule has 1 atom stereocenters. The van der Waals surface area contributed by atoms with Gasteiger partial charge in [0.2, 0.25) is 0 Å². The standard InChI is InChI=1S/C18H18ClN3O2/c1-2-14-17(22-11-13(19)5-6-16(22)20-14)18(23)21-8-7-12(10-21)15-4-3-9-24-15/h3-6,9,11-12H,2,7-8,10H2,1H3. The Balaban J connectivity index is 1.67. The van der Waals surface area contributed by atoms with Crippen molar-refractivity contribution in [2.24, 2.45) is 0 Å². The van der Waals surface area contributed by atoms with Crippen LogP contribution in [0.25, 0.3) is 5.65 Å². The number of carbonyl (C=O) groups is 1. The molecule has 1 aliphatic rings. The average Bonchev–Trinajstić information content (AvgIpc) is 3.31. The number of imidazole rings is 1. The molecule has 4 heterocycles. The lowest BCUT2D eigenvalue weighted by molar-refractivity contribution is 0.0782. The summed E-state index contributed by atoms with van der Waals surface area (Å²) in [5.41, 5.74) is 2.18. The van der Waals surface area contributed by atoms with E-state index in [1.807, 2.05) is 34.4 Å². The minimum atomic E-state index is 0.00988. The largest absolute Gasteiger partial charge is 0.469 e. The number of fused-ring (bicyclic) bond motifs is 1. The highest BCUT2D eigenvalue weighted by Gasteiger charge is 2.32. The number of hydrogen-bond donors (Lipinski definition) is 0. The van der Waals surface area contributed by atoms with Gasteiger partial charge in [-0.15, -0.1) is 0 Å². The molecule has 0 saturated carbocycles. The molecule has 0 aromatic carbocycles. The molecule has 124 valence electrons. The summed E-state index contributed by atoms with van der Waals surface area (Å²) >= 11 is 6.11. The molecule has 1 aliphatic heterocycles. The van der Waals surface area contributed by atoms with Gasteiger partial charge in [-0.25, -0.2) is 4.98 Å². The summed E-state index contributed by atoms with van der Waals surface area (Å²) in [7, 11) is 0. The van der Waals surface area contributed by atoms with Crippen LogP contribution in [0, 0.1) is 0 Å². The van der Waals surface area contributed by atoms with E-state index in [4.69, 9.17) is 16.0 Å². The summed E-state index contributed by atoms with van der Waals surface area (Å²) in [4.78, 5) is 19.6. The summed E-state index contributed by atoms with van der Waals surface area (Å²) in [6, 6.07) is 7.50. The normalized spacial score (nSPS) is 17.8. The number of pyridine rings is 1. The molecule has 1 amide bonds. The lowest BCUT2D eigenvalue weighted by Crippen LogP contribution is -2.30. The first-order valence-corrected chi connectivity index (χ1v) is 8.54. The predicted molar refractivity (Wildman–Crippen MR) is 91.5 cm³/mol. The molecular formula is C18H18ClN3O2. The zero-order chi connectivity index (χ0) is 16.7. The van der Waals surface area contributed by atoms with Crippen LogP contribution in [0.4, 0.5) is 0 Å². The highest BCUT2D eigenvalue weighted by Crippen LogP contribution is 2.29. The van der Waals surface area contributed by atoms with Crippen molar-refractivity contribution < 1.29 is 9.21 Å². The van der Waals surface area contributed by atoms with Crippen molar-refractivity contribution in [3.05, 3.63) is 58.9 Å². The van der Waals surface area contributed by atoms with Gasteiger partial charge in [0.15, 0.2) is 0 Å². The van der Waals surface area contributed by atoms with E-state index in [1.54, 1.807) is 18.5 Å². The van der Waals surface area contributed by atoms with Gasteiger partial charge in [-0.2, -0.15) is 0 Å². The molecule has 0 bridgehead atoms. The number of halogens is 1. The van der Waals surface area contributed by atoms with E-state index in [9.17, 15) is 4.79 Å². The Hall–Kier alpha value is -2.27. The maximum atomic E-state index is 13.1. The maximum absolute atomic E-state index is 13.1. The van der Waals surface area contributed by atoms with Crippen LogP contribution in [0.2, 0.25) is 5.02 Å². The van der Waals surface area contributed by atoms with E-state index in [2.05, 4.69) is 4.98 Å². The Labute approximate surface area is 144 Å². The molecule has 3 aromatic rings. The second-order valence-electron chi connectivity index (χ2n) is 6.09. The first-order valence-electron chi connectivity index (χ1n) is 8.16. The Kier molecular flexibility index (Phi) is 3.81. The van der Waals surface area contributed by atoms with Gasteiger partial charge in [0.05, 0.1) is 17.0 Å². The van der Waals surface area contributed by atoms with Crippen molar-refractivity contribution >= 4 is 23.2 Å². The number of hydrogen-bond acceptors (Lipinski definition) is 3. The molecule has 4 rings (SSSR count). The molecule has 1 saturated heterocycles. The summed E-state index contributed by atoms with van der Waals surface area (Å²) in [5.74, 6) is 1.22. The fraction of sp³-hybridized carbons (Fsp3) is 0.333. The molecule has 0 spiro atoms. The van der Waals surface area contributed by atoms with Crippen LogP contribution >= 0.6 is 11.6 Å². The van der Waals surface area contributed by atoms with Gasteiger partial charge in [0, 0.05) is 25.2 Å². The molecule has 1 fully saturated rings. The van der Waals surface area contributed by atoms with Crippen molar-refractivity contribution in [2.75, 3.05) is 13.1 Å². The van der Waals surface area contributed by atoms with E-state index >= 15 is 0 Å². The van der Waals surface area contributed by atoms with E-state index in [1.165, 1.54) is 0 Å². The Bertz CT molecular complexity index is 885. The van der Waals surface area contributed by atoms with Crippen LogP contribution < -0.4 is 0 Å². The third kappa shape index (κ3) is 2.49. The topological polar surface area (TPSA) is 50.8 Å². The fourth-order valence-electron chi connectivity index (χ4n) is 3.39. The van der Waals surface area contributed by atoms with Gasteiger partial charge < -0.3 is 9.32 Å². The molecule has 0 N–H and O–H groups in total. The third-order valence-corrected chi connectivity index (χ3v) is 4.84. The second-order valence-corrected chi connectivity index (χ2v) is 6.52. The van der Waals surface area contributed by atoms with Gasteiger partial charge in [-0.05, 0) is 37.1 Å². The van der Waals surface area contributed by atoms with Gasteiger partial charge in [0.1, 0.15) is 17.1 Å². The number of likely N-dealkylation sites (tertiary alicyclic amines) is 1. The maximum Gasteiger partial charge on any atom is 0.272 e. The SMILES string of the molecule is CCc1nc2ccc(Cl)cn2c1C(=O)N1CCC(c2ccco2)C1. The Morgan fingerprint density at radius 2 is 2.29 bits per heavy atom. The smallest absolute Gasteiger partial charge is 0.272 e. The molecule has 6 heteroatoms. The molecule has 3 aromatic heterocycles. The highest BCUT2D eigenvalue weighted by molar-refractivity contribution is 6.30. The van der Waals surface area contributed by atoms with E-state index in [0.717, 1.165) is 30.1 Å². The minimum Gasteiger partial charge on any atom is -0.469 e. The van der Waals surface area contributed by atoms with Gasteiger partial charge in [-0.3, -0.25) is 9.20 Å². The van der Waals surface area contributed by atoms with Crippen LogP contribution in [-0.4, -0.2) is 33.3 Å². The number of carbonyl (C=O) groups excluding carboxylic acids is 1. The quantitative estimate of drug-likeness (QED) is 0.727. The number of furan rings is 1. The van der Waals surface area contributed by atoms with Crippen LogP contribution in [0.1, 0.15) is 41.2 Å². The number of rotatable bonds is 3. The van der Waals surface area contributed by atoms with Crippen molar-refractivity contribution in [3.63, 3.8) is 0 Å². The lowest BCUT2D eigenvalue weighted by atomic mass is 10.1. The van der Waals surface area contributed by atoms with Crippen LogP contribution in [0.3, 0.4) is 0 Å². The summed E-state index contributed by atoms with van der Waals surface area (Å²) in [6.45, 7) is 3.40. The average molecular weight is 344 g/mol. The zero-order valence-corrected chi connectivity index (χ0v) is 14.2. The molecular weight excluding hydrogens is 326 g/mol. The highest BCUT2D eigenvalue weighted by atomic mass is 35.5. The monoisotopic (exact) mass is 343 g/mol. The number of amides is 1. The zero-order valence-electron chi connectivity index (χ0n) is 13.4. The Morgan fingerprint density at radius 1 is 1.42 bits per heavy atom. The minimum absolute atomic E-state index is 0.00988. The van der Waals surface area contributed by atoms with Gasteiger partial charge in [0.25, 0.3) is 5.91 Å². The van der Waals surface area contributed by atoms with Crippen molar-refractivity contribution in [1.82, 2.24) is 14.3 Å². The summed E-state index contributed by atoms with van der Waals surface area (Å²) in [5, 5.41) is 0.589. The first-order chi connectivity index (χ1) is 11.7. The number of aryl methyl sites for hydroxylation is 1. The van der Waals surface area contributed by atoms with E-state index in [-0.39, 0.29) is 11.8 Å². The van der Waals surface area contributed by atoms with Crippen molar-refractivity contribution in [3.8, 4) is 0 Å². The van der Waals surface area contributed by atoms with Gasteiger partial charge in [-0.1, -0.05) is 18.5 Å².